The summed E-state index contributed by atoms with van der Waals surface area (Å²) in [7, 11) is 0. The van der Waals surface area contributed by atoms with Crippen LogP contribution in [0.25, 0.3) is 0 Å². The molecule has 1 saturated heterocycles. The van der Waals surface area contributed by atoms with Gasteiger partial charge in [-0.2, -0.15) is 0 Å². The number of carbonyl (C=O) groups excluding carboxylic acids is 1. The van der Waals surface area contributed by atoms with E-state index in [4.69, 9.17) is 4.74 Å². The number of amides is 1. The van der Waals surface area contributed by atoms with E-state index >= 15 is 0 Å². The van der Waals surface area contributed by atoms with Gasteiger partial charge < -0.3 is 9.64 Å². The number of rotatable bonds is 3. The van der Waals surface area contributed by atoms with Crippen LogP contribution in [0.1, 0.15) is 45.7 Å². The van der Waals surface area contributed by atoms with Gasteiger partial charge in [-0.3, -0.25) is 4.90 Å². The molecule has 5 heteroatoms. The molecule has 1 amide bonds. The standard InChI is InChI=1S/C18H27BrN2O2/c1-5-16(14-6-8-15(19)9-7-14)20-10-12-21(13-11-20)17(22)23-18(2,3)4/h6-9,16H,5,10-13H2,1-4H3. The first-order valence-electron chi connectivity index (χ1n) is 8.27. The molecular formula is C18H27BrN2O2. The largest absolute Gasteiger partial charge is 0.444 e. The van der Waals surface area contributed by atoms with E-state index in [1.165, 1.54) is 5.56 Å². The van der Waals surface area contributed by atoms with Gasteiger partial charge in [0.15, 0.2) is 0 Å². The molecule has 0 aliphatic carbocycles. The first-order valence-corrected chi connectivity index (χ1v) is 9.07. The van der Waals surface area contributed by atoms with E-state index in [0.29, 0.717) is 6.04 Å². The molecule has 1 aliphatic rings. The molecule has 128 valence electrons. The average Bonchev–Trinajstić information content (AvgIpc) is 2.49. The molecule has 0 radical (unpaired) electrons. The van der Waals surface area contributed by atoms with Crippen LogP contribution >= 0.6 is 15.9 Å². The molecular weight excluding hydrogens is 356 g/mol. The summed E-state index contributed by atoms with van der Waals surface area (Å²) in [6.07, 6.45) is 0.863. The molecule has 1 fully saturated rings. The Bertz CT molecular complexity index is 517. The van der Waals surface area contributed by atoms with Crippen molar-refractivity contribution in [3.8, 4) is 0 Å². The molecule has 0 spiro atoms. The molecule has 4 nitrogen and oxygen atoms in total. The van der Waals surface area contributed by atoms with Gasteiger partial charge in [0.1, 0.15) is 5.60 Å². The van der Waals surface area contributed by atoms with Gasteiger partial charge in [0.25, 0.3) is 0 Å². The van der Waals surface area contributed by atoms with Crippen LogP contribution in [0.4, 0.5) is 4.79 Å². The predicted molar refractivity (Wildman–Crippen MR) is 96.6 cm³/mol. The Labute approximate surface area is 147 Å². The van der Waals surface area contributed by atoms with Gasteiger partial charge in [0, 0.05) is 36.7 Å². The third kappa shape index (κ3) is 5.21. The summed E-state index contributed by atoms with van der Waals surface area (Å²) in [6, 6.07) is 8.95. The van der Waals surface area contributed by atoms with Gasteiger partial charge in [-0.25, -0.2) is 4.79 Å². The third-order valence-corrected chi connectivity index (χ3v) is 4.58. The molecule has 1 aliphatic heterocycles. The zero-order chi connectivity index (χ0) is 17.0. The summed E-state index contributed by atoms with van der Waals surface area (Å²) in [5.74, 6) is 0. The van der Waals surface area contributed by atoms with E-state index in [0.717, 1.165) is 37.1 Å². The molecule has 23 heavy (non-hydrogen) atoms. The molecule has 0 saturated carbocycles. The molecule has 1 aromatic carbocycles. The Hall–Kier alpha value is -1.07. The molecule has 0 N–H and O–H groups in total. The highest BCUT2D eigenvalue weighted by Gasteiger charge is 2.28. The number of hydrogen-bond donors (Lipinski definition) is 0. The zero-order valence-corrected chi connectivity index (χ0v) is 16.1. The predicted octanol–water partition coefficient (Wildman–Crippen LogP) is 4.45. The lowest BCUT2D eigenvalue weighted by Gasteiger charge is -2.39. The number of benzene rings is 1. The van der Waals surface area contributed by atoms with Gasteiger partial charge in [-0.15, -0.1) is 0 Å². The van der Waals surface area contributed by atoms with Crippen molar-refractivity contribution in [1.82, 2.24) is 9.80 Å². The maximum Gasteiger partial charge on any atom is 0.410 e. The fraction of sp³-hybridized carbons (Fsp3) is 0.611. The van der Waals surface area contributed by atoms with Gasteiger partial charge in [0.05, 0.1) is 0 Å². The lowest BCUT2D eigenvalue weighted by Crippen LogP contribution is -2.50. The van der Waals surface area contributed by atoms with Crippen molar-refractivity contribution in [3.05, 3.63) is 34.3 Å². The molecule has 2 rings (SSSR count). The topological polar surface area (TPSA) is 32.8 Å². The van der Waals surface area contributed by atoms with E-state index in [1.54, 1.807) is 0 Å². The molecule has 0 bridgehead atoms. The molecule has 1 aromatic rings. The summed E-state index contributed by atoms with van der Waals surface area (Å²) in [4.78, 5) is 16.4. The maximum atomic E-state index is 12.1. The maximum absolute atomic E-state index is 12.1. The minimum atomic E-state index is -0.433. The van der Waals surface area contributed by atoms with Gasteiger partial charge in [-0.1, -0.05) is 35.0 Å². The highest BCUT2D eigenvalue weighted by atomic mass is 79.9. The second-order valence-electron chi connectivity index (χ2n) is 6.98. The minimum absolute atomic E-state index is 0.200. The highest BCUT2D eigenvalue weighted by Crippen LogP contribution is 2.27. The summed E-state index contributed by atoms with van der Waals surface area (Å²) in [6.45, 7) is 11.1. The monoisotopic (exact) mass is 382 g/mol. The quantitative estimate of drug-likeness (QED) is 0.773. The number of carbonyl (C=O) groups is 1. The molecule has 1 unspecified atom stereocenters. The van der Waals surface area contributed by atoms with Crippen LogP contribution in [0.3, 0.4) is 0 Å². The second-order valence-corrected chi connectivity index (χ2v) is 7.89. The van der Waals surface area contributed by atoms with Gasteiger partial charge in [0.2, 0.25) is 0 Å². The SMILES string of the molecule is CCC(c1ccc(Br)cc1)N1CCN(C(=O)OC(C)(C)C)CC1. The summed E-state index contributed by atoms with van der Waals surface area (Å²) >= 11 is 3.49. The van der Waals surface area contributed by atoms with Crippen molar-refractivity contribution < 1.29 is 9.53 Å². The Balaban J connectivity index is 1.94. The third-order valence-electron chi connectivity index (χ3n) is 4.05. The van der Waals surface area contributed by atoms with Crippen LogP contribution in [0.2, 0.25) is 0 Å². The van der Waals surface area contributed by atoms with Crippen molar-refractivity contribution >= 4 is 22.0 Å². The van der Waals surface area contributed by atoms with Crippen molar-refractivity contribution in [1.29, 1.82) is 0 Å². The first-order chi connectivity index (χ1) is 10.8. The number of halogens is 1. The first kappa shape index (κ1) is 18.3. The smallest absolute Gasteiger partial charge is 0.410 e. The molecule has 1 atom stereocenters. The fourth-order valence-corrected chi connectivity index (χ4v) is 3.20. The van der Waals surface area contributed by atoms with Crippen molar-refractivity contribution in [2.45, 2.75) is 45.8 Å². The average molecular weight is 383 g/mol. The lowest BCUT2D eigenvalue weighted by atomic mass is 10.0. The lowest BCUT2D eigenvalue weighted by molar-refractivity contribution is 0.00998. The molecule has 0 aromatic heterocycles. The van der Waals surface area contributed by atoms with Crippen LogP contribution in [0.5, 0.6) is 0 Å². The fourth-order valence-electron chi connectivity index (χ4n) is 2.93. The van der Waals surface area contributed by atoms with E-state index in [2.05, 4.69) is 52.0 Å². The highest BCUT2D eigenvalue weighted by molar-refractivity contribution is 9.10. The number of hydrogen-bond acceptors (Lipinski definition) is 3. The van der Waals surface area contributed by atoms with Gasteiger partial charge >= 0.3 is 6.09 Å². The Morgan fingerprint density at radius 2 is 1.74 bits per heavy atom. The van der Waals surface area contributed by atoms with Gasteiger partial charge in [-0.05, 0) is 44.9 Å². The normalized spacial score (nSPS) is 17.9. The van der Waals surface area contributed by atoms with E-state index in [-0.39, 0.29) is 6.09 Å². The Kier molecular flexibility index (Phi) is 6.09. The van der Waals surface area contributed by atoms with Crippen molar-refractivity contribution in [3.63, 3.8) is 0 Å². The number of piperazine rings is 1. The zero-order valence-electron chi connectivity index (χ0n) is 14.5. The van der Waals surface area contributed by atoms with Crippen LogP contribution in [0, 0.1) is 0 Å². The Morgan fingerprint density at radius 1 is 1.17 bits per heavy atom. The molecule has 1 heterocycles. The second kappa shape index (κ2) is 7.67. The van der Waals surface area contributed by atoms with E-state index < -0.39 is 5.60 Å². The van der Waals surface area contributed by atoms with Crippen LogP contribution < -0.4 is 0 Å². The van der Waals surface area contributed by atoms with E-state index in [1.807, 2.05) is 25.7 Å². The summed E-state index contributed by atoms with van der Waals surface area (Å²) in [5.41, 5.74) is 0.902. The van der Waals surface area contributed by atoms with Crippen LogP contribution in [-0.2, 0) is 4.74 Å². The van der Waals surface area contributed by atoms with Crippen LogP contribution in [0.15, 0.2) is 28.7 Å². The van der Waals surface area contributed by atoms with Crippen LogP contribution in [-0.4, -0.2) is 47.7 Å². The van der Waals surface area contributed by atoms with E-state index in [9.17, 15) is 4.79 Å². The minimum Gasteiger partial charge on any atom is -0.444 e. The van der Waals surface area contributed by atoms with Crippen molar-refractivity contribution in [2.75, 3.05) is 26.2 Å². The Morgan fingerprint density at radius 3 is 2.22 bits per heavy atom. The summed E-state index contributed by atoms with van der Waals surface area (Å²) in [5, 5.41) is 0. The number of ether oxygens (including phenoxy) is 1. The number of nitrogens with zero attached hydrogens (tertiary/aromatic N) is 2. The summed E-state index contributed by atoms with van der Waals surface area (Å²) < 4.78 is 6.56. The van der Waals surface area contributed by atoms with Crippen molar-refractivity contribution in [2.24, 2.45) is 0 Å².